The lowest BCUT2D eigenvalue weighted by atomic mass is 10.3. The Morgan fingerprint density at radius 3 is 2.64 bits per heavy atom. The Bertz CT molecular complexity index is 922. The van der Waals surface area contributed by atoms with Crippen LogP contribution in [0.3, 0.4) is 0 Å². The summed E-state index contributed by atoms with van der Waals surface area (Å²) in [7, 11) is 0. The molecule has 2 aromatic heterocycles. The highest BCUT2D eigenvalue weighted by atomic mass is 79.9. The van der Waals surface area contributed by atoms with Crippen LogP contribution in [-0.4, -0.2) is 20.2 Å². The summed E-state index contributed by atoms with van der Waals surface area (Å²) in [6.07, 6.45) is 4.15. The highest BCUT2D eigenvalue weighted by Crippen LogP contribution is 2.40. The third-order valence-electron chi connectivity index (χ3n) is 3.77. The minimum atomic E-state index is 0.496. The van der Waals surface area contributed by atoms with Crippen LogP contribution in [0.25, 0.3) is 0 Å². The molecular formula is C16H13Br3N6. The van der Waals surface area contributed by atoms with E-state index in [1.54, 1.807) is 6.20 Å². The molecule has 6 nitrogen and oxygen atoms in total. The molecule has 1 aliphatic carbocycles. The summed E-state index contributed by atoms with van der Waals surface area (Å²) in [6, 6.07) is 7.90. The van der Waals surface area contributed by atoms with Crippen molar-refractivity contribution >= 4 is 71.1 Å². The van der Waals surface area contributed by atoms with E-state index in [1.165, 1.54) is 12.8 Å². The maximum atomic E-state index is 4.54. The summed E-state index contributed by atoms with van der Waals surface area (Å²) >= 11 is 10.4. The van der Waals surface area contributed by atoms with Gasteiger partial charge in [0.25, 0.3) is 0 Å². The van der Waals surface area contributed by atoms with Crippen molar-refractivity contribution in [1.82, 2.24) is 20.2 Å². The van der Waals surface area contributed by atoms with Gasteiger partial charge in [0.2, 0.25) is 5.95 Å². The fraction of sp³-hybridized carbons (Fsp3) is 0.188. The fourth-order valence-corrected chi connectivity index (χ4v) is 3.78. The van der Waals surface area contributed by atoms with Crippen molar-refractivity contribution in [2.24, 2.45) is 0 Å². The van der Waals surface area contributed by atoms with Crippen LogP contribution in [0.4, 0.5) is 23.3 Å². The maximum absolute atomic E-state index is 4.54. The number of aromatic nitrogens is 4. The Morgan fingerprint density at radius 1 is 1.04 bits per heavy atom. The molecule has 3 aromatic rings. The third kappa shape index (κ3) is 4.04. The average Bonchev–Trinajstić information content (AvgIpc) is 3.33. The standard InChI is InChI=1S/C16H13Br3N6/c17-9-3-4-12(10(18)5-9)21-16-20-7-11(19)15(23-16)22-14-6-13(24-25-14)8-1-2-8/h3-8H,1-2H2,(H3,20,21,22,23,24,25). The average molecular weight is 529 g/mol. The van der Waals surface area contributed by atoms with Gasteiger partial charge in [0, 0.05) is 27.1 Å². The van der Waals surface area contributed by atoms with Crippen molar-refractivity contribution in [1.29, 1.82) is 0 Å². The molecular weight excluding hydrogens is 516 g/mol. The van der Waals surface area contributed by atoms with E-state index in [-0.39, 0.29) is 0 Å². The zero-order valence-electron chi connectivity index (χ0n) is 12.9. The molecule has 0 spiro atoms. The number of aromatic amines is 1. The van der Waals surface area contributed by atoms with Gasteiger partial charge in [-0.25, -0.2) is 4.98 Å². The smallest absolute Gasteiger partial charge is 0.229 e. The monoisotopic (exact) mass is 526 g/mol. The third-order valence-corrected chi connectivity index (χ3v) is 5.50. The molecule has 25 heavy (non-hydrogen) atoms. The molecule has 0 atom stereocenters. The number of nitrogens with one attached hydrogen (secondary N) is 3. The Morgan fingerprint density at radius 2 is 1.88 bits per heavy atom. The first-order chi connectivity index (χ1) is 12.1. The number of benzene rings is 1. The van der Waals surface area contributed by atoms with Crippen molar-refractivity contribution in [3.05, 3.63) is 49.6 Å². The van der Waals surface area contributed by atoms with Crippen molar-refractivity contribution < 1.29 is 0 Å². The largest absolute Gasteiger partial charge is 0.324 e. The Labute approximate surface area is 169 Å². The number of anilines is 4. The van der Waals surface area contributed by atoms with E-state index in [9.17, 15) is 0 Å². The zero-order chi connectivity index (χ0) is 17.4. The van der Waals surface area contributed by atoms with E-state index in [0.29, 0.717) is 17.7 Å². The van der Waals surface area contributed by atoms with E-state index in [4.69, 9.17) is 0 Å². The first-order valence-corrected chi connectivity index (χ1v) is 10.0. The van der Waals surface area contributed by atoms with Crippen molar-refractivity contribution in [3.8, 4) is 0 Å². The summed E-state index contributed by atoms with van der Waals surface area (Å²) in [5.41, 5.74) is 1.99. The number of hydrogen-bond donors (Lipinski definition) is 3. The molecule has 4 rings (SSSR count). The zero-order valence-corrected chi connectivity index (χ0v) is 17.6. The summed E-state index contributed by atoms with van der Waals surface area (Å²) in [5, 5.41) is 13.8. The van der Waals surface area contributed by atoms with Crippen LogP contribution in [0, 0.1) is 0 Å². The quantitative estimate of drug-likeness (QED) is 0.387. The first-order valence-electron chi connectivity index (χ1n) is 7.65. The van der Waals surface area contributed by atoms with Gasteiger partial charge in [-0.2, -0.15) is 10.1 Å². The summed E-state index contributed by atoms with van der Waals surface area (Å²) < 4.78 is 2.69. The van der Waals surface area contributed by atoms with Crippen molar-refractivity contribution in [3.63, 3.8) is 0 Å². The second-order valence-corrected chi connectivity index (χ2v) is 8.37. The molecule has 1 saturated carbocycles. The van der Waals surface area contributed by atoms with Crippen molar-refractivity contribution in [2.45, 2.75) is 18.8 Å². The molecule has 1 fully saturated rings. The Balaban J connectivity index is 1.55. The van der Waals surface area contributed by atoms with Gasteiger partial charge in [0.05, 0.1) is 15.9 Å². The molecule has 1 aromatic carbocycles. The van der Waals surface area contributed by atoms with Gasteiger partial charge in [0.15, 0.2) is 5.82 Å². The van der Waals surface area contributed by atoms with Crippen molar-refractivity contribution in [2.75, 3.05) is 10.6 Å². The summed E-state index contributed by atoms with van der Waals surface area (Å²) in [5.74, 6) is 2.58. The number of H-pyrrole nitrogens is 1. The molecule has 0 amide bonds. The van der Waals surface area contributed by atoms with Gasteiger partial charge in [0.1, 0.15) is 5.82 Å². The number of nitrogens with zero attached hydrogens (tertiary/aromatic N) is 3. The molecule has 128 valence electrons. The van der Waals surface area contributed by atoms with Gasteiger partial charge in [-0.3, -0.25) is 5.10 Å². The predicted molar refractivity (Wildman–Crippen MR) is 109 cm³/mol. The Kier molecular flexibility index (Phi) is 4.79. The molecule has 0 saturated heterocycles. The summed E-state index contributed by atoms with van der Waals surface area (Å²) in [4.78, 5) is 8.85. The van der Waals surface area contributed by atoms with E-state index in [0.717, 1.165) is 30.6 Å². The normalized spacial score (nSPS) is 13.7. The van der Waals surface area contributed by atoms with Crippen LogP contribution in [0.2, 0.25) is 0 Å². The second-order valence-electron chi connectivity index (χ2n) is 5.75. The molecule has 2 heterocycles. The van der Waals surface area contributed by atoms with Crippen LogP contribution in [0.5, 0.6) is 0 Å². The van der Waals surface area contributed by atoms with Gasteiger partial charge >= 0.3 is 0 Å². The van der Waals surface area contributed by atoms with E-state index in [2.05, 4.69) is 78.6 Å². The first kappa shape index (κ1) is 17.0. The van der Waals surface area contributed by atoms with Gasteiger partial charge in [-0.1, -0.05) is 15.9 Å². The van der Waals surface area contributed by atoms with Crippen LogP contribution in [0.1, 0.15) is 24.5 Å². The predicted octanol–water partition coefficient (Wildman–Crippen LogP) is 5.85. The highest BCUT2D eigenvalue weighted by Gasteiger charge is 2.26. The molecule has 3 N–H and O–H groups in total. The Hall–Kier alpha value is -1.45. The fourth-order valence-electron chi connectivity index (χ4n) is 2.34. The molecule has 0 radical (unpaired) electrons. The van der Waals surface area contributed by atoms with E-state index >= 15 is 0 Å². The topological polar surface area (TPSA) is 78.5 Å². The molecule has 0 unspecified atom stereocenters. The summed E-state index contributed by atoms with van der Waals surface area (Å²) in [6.45, 7) is 0. The van der Waals surface area contributed by atoms with Gasteiger partial charge in [-0.15, -0.1) is 0 Å². The second kappa shape index (κ2) is 7.05. The van der Waals surface area contributed by atoms with Gasteiger partial charge < -0.3 is 10.6 Å². The lowest BCUT2D eigenvalue weighted by Crippen LogP contribution is -2.02. The minimum Gasteiger partial charge on any atom is -0.324 e. The molecule has 9 heteroatoms. The van der Waals surface area contributed by atoms with Gasteiger partial charge in [-0.05, 0) is 62.9 Å². The van der Waals surface area contributed by atoms with E-state index in [1.807, 2.05) is 24.3 Å². The maximum Gasteiger partial charge on any atom is 0.229 e. The van der Waals surface area contributed by atoms with Crippen LogP contribution in [-0.2, 0) is 0 Å². The lowest BCUT2D eigenvalue weighted by Gasteiger charge is -2.10. The minimum absolute atomic E-state index is 0.496. The van der Waals surface area contributed by atoms with Crippen LogP contribution >= 0.6 is 47.8 Å². The van der Waals surface area contributed by atoms with Crippen LogP contribution < -0.4 is 10.6 Å². The SMILES string of the molecule is Brc1ccc(Nc2ncc(Br)c(Nc3cc(C4CC4)n[nH]3)n2)c(Br)c1. The van der Waals surface area contributed by atoms with E-state index < -0.39 is 0 Å². The number of rotatable bonds is 5. The molecule has 0 aliphatic heterocycles. The van der Waals surface area contributed by atoms with Crippen LogP contribution in [0.15, 0.2) is 43.9 Å². The molecule has 0 bridgehead atoms. The molecule has 1 aliphatic rings. The highest BCUT2D eigenvalue weighted by molar-refractivity contribution is 9.11. The number of hydrogen-bond acceptors (Lipinski definition) is 5. The lowest BCUT2D eigenvalue weighted by molar-refractivity contribution is 0.966. The number of halogens is 3.